The molecule has 0 unspecified atom stereocenters. The first kappa shape index (κ1) is 17.7. The highest BCUT2D eigenvalue weighted by Crippen LogP contribution is 2.32. The molecule has 0 amide bonds. The molecule has 1 atom stereocenters. The third-order valence-corrected chi connectivity index (χ3v) is 5.22. The van der Waals surface area contributed by atoms with E-state index in [2.05, 4.69) is 47.2 Å². The zero-order valence-electron chi connectivity index (χ0n) is 13.5. The molecule has 1 aliphatic rings. The van der Waals surface area contributed by atoms with Crippen molar-refractivity contribution >= 4 is 47.2 Å². The number of rotatable bonds is 4. The molecule has 0 radical (unpaired) electrons. The van der Waals surface area contributed by atoms with Gasteiger partial charge in [-0.25, -0.2) is 0 Å². The molecule has 1 fully saturated rings. The number of benzene rings is 2. The van der Waals surface area contributed by atoms with Crippen LogP contribution in [0.5, 0.6) is 0 Å². The molecular weight excluding hydrogens is 361 g/mol. The Morgan fingerprint density at radius 1 is 1.12 bits per heavy atom. The Balaban J connectivity index is 1.80. The summed E-state index contributed by atoms with van der Waals surface area (Å²) in [6.45, 7) is 6.15. The van der Waals surface area contributed by atoms with Crippen LogP contribution in [0.25, 0.3) is 0 Å². The topological polar surface area (TPSA) is 27.3 Å². The minimum atomic E-state index is 0.0546. The van der Waals surface area contributed by atoms with Gasteiger partial charge in [0, 0.05) is 46.8 Å². The Bertz CT molecular complexity index is 717. The Morgan fingerprint density at radius 3 is 2.58 bits per heavy atom. The van der Waals surface area contributed by atoms with Gasteiger partial charge in [0.25, 0.3) is 0 Å². The maximum atomic E-state index is 6.32. The highest BCUT2D eigenvalue weighted by atomic mass is 35.5. The second-order valence-corrected chi connectivity index (χ2v) is 7.30. The maximum Gasteiger partial charge on any atom is 0.0501 e. The molecule has 2 aromatic rings. The van der Waals surface area contributed by atoms with Gasteiger partial charge in [-0.2, -0.15) is 0 Å². The van der Waals surface area contributed by atoms with Crippen LogP contribution in [0.1, 0.15) is 18.5 Å². The SMILES string of the molecule is C[C@@H](Nc1cc(N2CCNCC2)ccc1S)c1ccc(Cl)cc1Cl. The van der Waals surface area contributed by atoms with Crippen LogP contribution in [0.3, 0.4) is 0 Å². The fourth-order valence-corrected chi connectivity index (χ4v) is 3.70. The fourth-order valence-electron chi connectivity index (χ4n) is 2.92. The number of thiol groups is 1. The molecule has 0 aromatic heterocycles. The number of hydrogen-bond acceptors (Lipinski definition) is 4. The van der Waals surface area contributed by atoms with Crippen LogP contribution < -0.4 is 15.5 Å². The Labute approximate surface area is 158 Å². The number of halogens is 2. The van der Waals surface area contributed by atoms with Gasteiger partial charge in [0.15, 0.2) is 0 Å². The molecule has 3 rings (SSSR count). The Hall–Kier alpha value is -1.07. The van der Waals surface area contributed by atoms with E-state index < -0.39 is 0 Å². The first-order valence-electron chi connectivity index (χ1n) is 8.05. The first-order valence-corrected chi connectivity index (χ1v) is 9.25. The number of nitrogens with one attached hydrogen (secondary N) is 2. The summed E-state index contributed by atoms with van der Waals surface area (Å²) in [7, 11) is 0. The average Bonchev–Trinajstić information content (AvgIpc) is 2.57. The van der Waals surface area contributed by atoms with E-state index >= 15 is 0 Å². The van der Waals surface area contributed by atoms with Crippen LogP contribution in [0.2, 0.25) is 10.0 Å². The van der Waals surface area contributed by atoms with E-state index in [1.165, 1.54) is 5.69 Å². The summed E-state index contributed by atoms with van der Waals surface area (Å²) in [5.41, 5.74) is 3.24. The summed E-state index contributed by atoms with van der Waals surface area (Å²) >= 11 is 16.9. The van der Waals surface area contributed by atoms with Gasteiger partial charge >= 0.3 is 0 Å². The summed E-state index contributed by atoms with van der Waals surface area (Å²) in [6.07, 6.45) is 0. The van der Waals surface area contributed by atoms with Crippen molar-refractivity contribution < 1.29 is 0 Å². The predicted octanol–water partition coefficient (Wildman–Crippen LogP) is 4.86. The molecule has 2 aromatic carbocycles. The number of piperazine rings is 1. The molecule has 6 heteroatoms. The van der Waals surface area contributed by atoms with Crippen molar-refractivity contribution in [1.82, 2.24) is 5.32 Å². The van der Waals surface area contributed by atoms with Crippen LogP contribution in [0, 0.1) is 0 Å². The molecule has 128 valence electrons. The van der Waals surface area contributed by atoms with Crippen molar-refractivity contribution in [3.63, 3.8) is 0 Å². The molecule has 1 saturated heterocycles. The minimum absolute atomic E-state index is 0.0546. The van der Waals surface area contributed by atoms with E-state index in [1.807, 2.05) is 18.2 Å². The standard InChI is InChI=1S/C18H21Cl2N3S/c1-12(15-4-2-13(19)10-16(15)20)22-17-11-14(3-5-18(17)24)23-8-6-21-7-9-23/h2-5,10-12,21-22,24H,6-9H2,1H3/t12-/m1/s1. The van der Waals surface area contributed by atoms with E-state index in [-0.39, 0.29) is 6.04 Å². The van der Waals surface area contributed by atoms with Crippen LogP contribution in [0.15, 0.2) is 41.3 Å². The molecule has 0 spiro atoms. The average molecular weight is 382 g/mol. The monoisotopic (exact) mass is 381 g/mol. The summed E-state index contributed by atoms with van der Waals surface area (Å²) < 4.78 is 0. The summed E-state index contributed by atoms with van der Waals surface area (Å²) in [5, 5.41) is 8.21. The van der Waals surface area contributed by atoms with Crippen molar-refractivity contribution in [2.45, 2.75) is 17.9 Å². The van der Waals surface area contributed by atoms with Gasteiger partial charge < -0.3 is 15.5 Å². The summed E-state index contributed by atoms with van der Waals surface area (Å²) in [4.78, 5) is 3.31. The van der Waals surface area contributed by atoms with Crippen molar-refractivity contribution in [1.29, 1.82) is 0 Å². The lowest BCUT2D eigenvalue weighted by Gasteiger charge is -2.30. The fraction of sp³-hybridized carbons (Fsp3) is 0.333. The predicted molar refractivity (Wildman–Crippen MR) is 107 cm³/mol. The van der Waals surface area contributed by atoms with Crippen molar-refractivity contribution in [3.8, 4) is 0 Å². The quantitative estimate of drug-likeness (QED) is 0.659. The van der Waals surface area contributed by atoms with Crippen molar-refractivity contribution in [2.24, 2.45) is 0 Å². The molecule has 1 aliphatic heterocycles. The second-order valence-electron chi connectivity index (χ2n) is 5.97. The van der Waals surface area contributed by atoms with Gasteiger partial charge in [0.05, 0.1) is 11.7 Å². The smallest absolute Gasteiger partial charge is 0.0501 e. The highest BCUT2D eigenvalue weighted by Gasteiger charge is 2.14. The Morgan fingerprint density at radius 2 is 1.88 bits per heavy atom. The molecule has 3 nitrogen and oxygen atoms in total. The van der Waals surface area contributed by atoms with Crippen molar-refractivity contribution in [3.05, 3.63) is 52.0 Å². The number of anilines is 2. The van der Waals surface area contributed by atoms with Crippen LogP contribution in [-0.2, 0) is 0 Å². The van der Waals surface area contributed by atoms with Crippen LogP contribution in [0.4, 0.5) is 11.4 Å². The van der Waals surface area contributed by atoms with Gasteiger partial charge in [-0.15, -0.1) is 12.6 Å². The van der Waals surface area contributed by atoms with Gasteiger partial charge in [-0.1, -0.05) is 29.3 Å². The maximum absolute atomic E-state index is 6.32. The number of nitrogens with zero attached hydrogens (tertiary/aromatic N) is 1. The molecule has 1 heterocycles. The molecule has 2 N–H and O–H groups in total. The van der Waals surface area contributed by atoms with Crippen molar-refractivity contribution in [2.75, 3.05) is 36.4 Å². The van der Waals surface area contributed by atoms with Gasteiger partial charge in [-0.05, 0) is 42.8 Å². The summed E-state index contributed by atoms with van der Waals surface area (Å²) in [5.74, 6) is 0. The molecule has 24 heavy (non-hydrogen) atoms. The third-order valence-electron chi connectivity index (χ3n) is 4.26. The zero-order valence-corrected chi connectivity index (χ0v) is 15.9. The lowest BCUT2D eigenvalue weighted by Crippen LogP contribution is -2.43. The molecule has 0 aliphatic carbocycles. The van der Waals surface area contributed by atoms with E-state index in [0.717, 1.165) is 42.3 Å². The van der Waals surface area contributed by atoms with Crippen LogP contribution >= 0.6 is 35.8 Å². The molecule has 0 bridgehead atoms. The summed E-state index contributed by atoms with van der Waals surface area (Å²) in [6, 6.07) is 12.0. The van der Waals surface area contributed by atoms with Crippen LogP contribution in [-0.4, -0.2) is 26.2 Å². The van der Waals surface area contributed by atoms with Gasteiger partial charge in [0.2, 0.25) is 0 Å². The second kappa shape index (κ2) is 7.87. The normalized spacial score (nSPS) is 16.1. The first-order chi connectivity index (χ1) is 11.5. The number of hydrogen-bond donors (Lipinski definition) is 3. The van der Waals surface area contributed by atoms with Gasteiger partial charge in [0.1, 0.15) is 0 Å². The van der Waals surface area contributed by atoms with E-state index in [0.29, 0.717) is 10.0 Å². The lowest BCUT2D eigenvalue weighted by atomic mass is 10.1. The van der Waals surface area contributed by atoms with E-state index in [1.54, 1.807) is 6.07 Å². The minimum Gasteiger partial charge on any atom is -0.378 e. The molecule has 0 saturated carbocycles. The van der Waals surface area contributed by atoms with Gasteiger partial charge in [-0.3, -0.25) is 0 Å². The zero-order chi connectivity index (χ0) is 17.1. The lowest BCUT2D eigenvalue weighted by molar-refractivity contribution is 0.589. The van der Waals surface area contributed by atoms with E-state index in [4.69, 9.17) is 23.2 Å². The third kappa shape index (κ3) is 4.12. The highest BCUT2D eigenvalue weighted by molar-refractivity contribution is 7.80. The van der Waals surface area contributed by atoms with E-state index in [9.17, 15) is 0 Å². The largest absolute Gasteiger partial charge is 0.378 e. The Kier molecular flexibility index (Phi) is 5.82. The molecular formula is C18H21Cl2N3S.